The number of aromatic nitrogens is 1. The molecular formula is C22H25N3O. The first-order valence-corrected chi connectivity index (χ1v) is 9.22. The van der Waals surface area contributed by atoms with Gasteiger partial charge < -0.3 is 10.5 Å². The van der Waals surface area contributed by atoms with E-state index in [2.05, 4.69) is 46.3 Å². The van der Waals surface area contributed by atoms with Crippen LogP contribution < -0.4 is 10.5 Å². The van der Waals surface area contributed by atoms with Gasteiger partial charge >= 0.3 is 0 Å². The Morgan fingerprint density at radius 1 is 1.08 bits per heavy atom. The van der Waals surface area contributed by atoms with Crippen molar-refractivity contribution in [3.63, 3.8) is 0 Å². The molecule has 2 heterocycles. The fourth-order valence-corrected chi connectivity index (χ4v) is 3.77. The summed E-state index contributed by atoms with van der Waals surface area (Å²) in [5.41, 5.74) is 9.63. The van der Waals surface area contributed by atoms with Gasteiger partial charge in [0, 0.05) is 35.9 Å². The van der Waals surface area contributed by atoms with Crippen molar-refractivity contribution >= 4 is 10.8 Å². The first-order chi connectivity index (χ1) is 12.7. The Hall–Kier alpha value is -2.43. The molecule has 0 saturated carbocycles. The molecule has 2 N–H and O–H groups in total. The normalized spacial score (nSPS) is 16.1. The van der Waals surface area contributed by atoms with Crippen molar-refractivity contribution in [2.75, 3.05) is 20.2 Å². The molecule has 1 aromatic heterocycles. The smallest absolute Gasteiger partial charge is 0.128 e. The number of pyridine rings is 1. The number of fused-ring (bicyclic) bond motifs is 1. The summed E-state index contributed by atoms with van der Waals surface area (Å²) >= 11 is 0. The third-order valence-corrected chi connectivity index (χ3v) is 5.24. The molecule has 0 aliphatic carbocycles. The van der Waals surface area contributed by atoms with Crippen molar-refractivity contribution in [2.45, 2.75) is 25.4 Å². The van der Waals surface area contributed by atoms with Gasteiger partial charge in [0.15, 0.2) is 0 Å². The van der Waals surface area contributed by atoms with E-state index in [0.717, 1.165) is 49.2 Å². The maximum atomic E-state index is 6.04. The van der Waals surface area contributed by atoms with Crippen LogP contribution in [0.2, 0.25) is 0 Å². The summed E-state index contributed by atoms with van der Waals surface area (Å²) in [6.45, 7) is 3.04. The minimum Gasteiger partial charge on any atom is -0.496 e. The van der Waals surface area contributed by atoms with Crippen LogP contribution in [0.25, 0.3) is 21.9 Å². The summed E-state index contributed by atoms with van der Waals surface area (Å²) in [5, 5.41) is 2.24. The number of likely N-dealkylation sites (tertiary alicyclic amines) is 1. The Kier molecular flexibility index (Phi) is 4.87. The zero-order chi connectivity index (χ0) is 17.9. The van der Waals surface area contributed by atoms with Crippen molar-refractivity contribution in [3.05, 3.63) is 60.4 Å². The lowest BCUT2D eigenvalue weighted by atomic mass is 9.98. The third-order valence-electron chi connectivity index (χ3n) is 5.24. The van der Waals surface area contributed by atoms with E-state index in [9.17, 15) is 0 Å². The summed E-state index contributed by atoms with van der Waals surface area (Å²) < 4.78 is 5.69. The highest BCUT2D eigenvalue weighted by Gasteiger charge is 2.17. The van der Waals surface area contributed by atoms with E-state index in [0.29, 0.717) is 6.04 Å². The Labute approximate surface area is 154 Å². The SMILES string of the molecule is COc1cc(CN2CCC(N)CC2)cc2c(-c3ccccc3)cncc12. The lowest BCUT2D eigenvalue weighted by Crippen LogP contribution is -2.39. The third kappa shape index (κ3) is 3.43. The fraction of sp³-hybridized carbons (Fsp3) is 0.318. The number of methoxy groups -OCH3 is 1. The van der Waals surface area contributed by atoms with Crippen LogP contribution in [0.4, 0.5) is 0 Å². The summed E-state index contributed by atoms with van der Waals surface area (Å²) in [5.74, 6) is 0.886. The molecule has 0 atom stereocenters. The predicted molar refractivity (Wildman–Crippen MR) is 106 cm³/mol. The van der Waals surface area contributed by atoms with Gasteiger partial charge in [0.25, 0.3) is 0 Å². The molecule has 1 fully saturated rings. The number of piperidine rings is 1. The maximum Gasteiger partial charge on any atom is 0.128 e. The number of rotatable bonds is 4. The van der Waals surface area contributed by atoms with E-state index >= 15 is 0 Å². The van der Waals surface area contributed by atoms with Crippen LogP contribution in [0.1, 0.15) is 18.4 Å². The van der Waals surface area contributed by atoms with Gasteiger partial charge in [-0.25, -0.2) is 0 Å². The molecule has 0 unspecified atom stereocenters. The second-order valence-electron chi connectivity index (χ2n) is 7.06. The summed E-state index contributed by atoms with van der Waals surface area (Å²) in [6.07, 6.45) is 5.99. The standard InChI is InChI=1S/C22H25N3O/c1-26-22-12-16(15-25-9-7-18(23)8-10-25)11-19-20(13-24-14-21(19)22)17-5-3-2-4-6-17/h2-6,11-14,18H,7-10,15,23H2,1H3. The minimum atomic E-state index is 0.355. The first kappa shape index (κ1) is 17.0. The van der Waals surface area contributed by atoms with Gasteiger partial charge in [-0.15, -0.1) is 0 Å². The molecule has 1 saturated heterocycles. The lowest BCUT2D eigenvalue weighted by molar-refractivity contribution is 0.205. The Balaban J connectivity index is 1.75. The minimum absolute atomic E-state index is 0.355. The second kappa shape index (κ2) is 7.44. The molecule has 4 heteroatoms. The van der Waals surface area contributed by atoms with E-state index in [4.69, 9.17) is 10.5 Å². The van der Waals surface area contributed by atoms with Crippen molar-refractivity contribution in [1.29, 1.82) is 0 Å². The van der Waals surface area contributed by atoms with Crippen molar-refractivity contribution in [3.8, 4) is 16.9 Å². The van der Waals surface area contributed by atoms with Crippen molar-refractivity contribution in [2.24, 2.45) is 5.73 Å². The average Bonchev–Trinajstić information content (AvgIpc) is 2.69. The molecule has 26 heavy (non-hydrogen) atoms. The van der Waals surface area contributed by atoms with Crippen molar-refractivity contribution in [1.82, 2.24) is 9.88 Å². The number of hydrogen-bond donors (Lipinski definition) is 1. The largest absolute Gasteiger partial charge is 0.496 e. The molecule has 3 aromatic rings. The number of hydrogen-bond acceptors (Lipinski definition) is 4. The lowest BCUT2D eigenvalue weighted by Gasteiger charge is -2.30. The molecule has 0 bridgehead atoms. The van der Waals surface area contributed by atoms with Crippen LogP contribution in [0.3, 0.4) is 0 Å². The molecule has 1 aliphatic heterocycles. The molecule has 0 amide bonds. The van der Waals surface area contributed by atoms with E-state index in [1.807, 2.05) is 18.5 Å². The number of benzene rings is 2. The quantitative estimate of drug-likeness (QED) is 0.779. The molecule has 4 nitrogen and oxygen atoms in total. The maximum absolute atomic E-state index is 6.04. The van der Waals surface area contributed by atoms with Crippen LogP contribution in [0, 0.1) is 0 Å². The molecular weight excluding hydrogens is 322 g/mol. The number of nitrogens with zero attached hydrogens (tertiary/aromatic N) is 2. The van der Waals surface area contributed by atoms with Crippen LogP contribution in [0.5, 0.6) is 5.75 Å². The molecule has 1 aliphatic rings. The number of ether oxygens (including phenoxy) is 1. The highest BCUT2D eigenvalue weighted by molar-refractivity contribution is 5.99. The highest BCUT2D eigenvalue weighted by Crippen LogP contribution is 2.34. The van der Waals surface area contributed by atoms with Gasteiger partial charge in [-0.2, -0.15) is 0 Å². The van der Waals surface area contributed by atoms with Gasteiger partial charge in [0.05, 0.1) is 7.11 Å². The van der Waals surface area contributed by atoms with Crippen LogP contribution in [0.15, 0.2) is 54.9 Å². The second-order valence-corrected chi connectivity index (χ2v) is 7.06. The molecule has 4 rings (SSSR count). The van der Waals surface area contributed by atoms with Gasteiger partial charge in [0.2, 0.25) is 0 Å². The average molecular weight is 347 g/mol. The molecule has 0 spiro atoms. The predicted octanol–water partition coefficient (Wildman–Crippen LogP) is 3.83. The van der Waals surface area contributed by atoms with E-state index in [1.165, 1.54) is 16.5 Å². The zero-order valence-electron chi connectivity index (χ0n) is 15.2. The molecule has 2 aromatic carbocycles. The highest BCUT2D eigenvalue weighted by atomic mass is 16.5. The van der Waals surface area contributed by atoms with Gasteiger partial charge in [-0.1, -0.05) is 30.3 Å². The van der Waals surface area contributed by atoms with E-state index in [1.54, 1.807) is 7.11 Å². The van der Waals surface area contributed by atoms with Crippen molar-refractivity contribution < 1.29 is 4.74 Å². The monoisotopic (exact) mass is 347 g/mol. The molecule has 134 valence electrons. The zero-order valence-corrected chi connectivity index (χ0v) is 15.2. The number of nitrogens with two attached hydrogens (primary N) is 1. The summed E-state index contributed by atoms with van der Waals surface area (Å²) in [4.78, 5) is 6.93. The Bertz CT molecular complexity index is 887. The Morgan fingerprint density at radius 2 is 1.85 bits per heavy atom. The Morgan fingerprint density at radius 3 is 2.58 bits per heavy atom. The van der Waals surface area contributed by atoms with E-state index in [-0.39, 0.29) is 0 Å². The van der Waals surface area contributed by atoms with Crippen LogP contribution in [-0.4, -0.2) is 36.1 Å². The fourth-order valence-electron chi connectivity index (χ4n) is 3.77. The van der Waals surface area contributed by atoms with Crippen LogP contribution in [-0.2, 0) is 6.54 Å². The van der Waals surface area contributed by atoms with Gasteiger partial charge in [-0.05, 0) is 54.6 Å². The van der Waals surface area contributed by atoms with Crippen LogP contribution >= 0.6 is 0 Å². The van der Waals surface area contributed by atoms with Gasteiger partial charge in [-0.3, -0.25) is 9.88 Å². The van der Waals surface area contributed by atoms with E-state index < -0.39 is 0 Å². The van der Waals surface area contributed by atoms with Gasteiger partial charge in [0.1, 0.15) is 5.75 Å². The summed E-state index contributed by atoms with van der Waals surface area (Å²) in [7, 11) is 1.73. The summed E-state index contributed by atoms with van der Waals surface area (Å²) in [6, 6.07) is 15.2. The topological polar surface area (TPSA) is 51.4 Å². The first-order valence-electron chi connectivity index (χ1n) is 9.22. The molecule has 0 radical (unpaired) electrons.